The molecule has 39 heavy (non-hydrogen) atoms. The van der Waals surface area contributed by atoms with Gasteiger partial charge in [-0.25, -0.2) is 0 Å². The normalized spacial score (nSPS) is 14.8. The van der Waals surface area contributed by atoms with Crippen LogP contribution >= 0.6 is 0 Å². The lowest BCUT2D eigenvalue weighted by Crippen LogP contribution is -2.31. The van der Waals surface area contributed by atoms with Gasteiger partial charge in [-0.3, -0.25) is 9.89 Å². The van der Waals surface area contributed by atoms with Crippen LogP contribution in [0.2, 0.25) is 0 Å². The minimum atomic E-state index is -0.413. The van der Waals surface area contributed by atoms with Crippen LogP contribution in [0, 0.1) is 13.8 Å². The molecule has 2 aromatic carbocycles. The molecule has 1 aliphatic heterocycles. The minimum Gasteiger partial charge on any atom is -0.507 e. The number of H-pyrrole nitrogens is 1. The Kier molecular flexibility index (Phi) is 9.17. The third-order valence-electron chi connectivity index (χ3n) is 7.06. The van der Waals surface area contributed by atoms with Crippen LogP contribution in [0.4, 0.5) is 0 Å². The Labute approximate surface area is 231 Å². The number of aromatic nitrogens is 2. The number of amides is 1. The number of carbonyl (C=O) groups is 1. The highest BCUT2D eigenvalue weighted by Crippen LogP contribution is 2.46. The number of unbranched alkanes of at least 4 members (excludes halogenated alkanes) is 2. The second-order valence-corrected chi connectivity index (χ2v) is 10.5. The molecule has 0 spiro atoms. The first-order valence-electron chi connectivity index (χ1n) is 13.9. The number of ether oxygens (including phenoxy) is 3. The van der Waals surface area contributed by atoms with Crippen LogP contribution < -0.4 is 9.47 Å². The van der Waals surface area contributed by atoms with E-state index < -0.39 is 6.04 Å². The fraction of sp³-hybridized carbons (Fsp3) is 0.484. The predicted molar refractivity (Wildman–Crippen MR) is 152 cm³/mol. The van der Waals surface area contributed by atoms with Crippen molar-refractivity contribution in [2.24, 2.45) is 0 Å². The summed E-state index contributed by atoms with van der Waals surface area (Å²) in [6.45, 7) is 11.7. The van der Waals surface area contributed by atoms with E-state index in [1.54, 1.807) is 13.2 Å². The summed E-state index contributed by atoms with van der Waals surface area (Å²) in [6.07, 6.45) is 4.03. The first-order chi connectivity index (χ1) is 18.8. The van der Waals surface area contributed by atoms with Crippen LogP contribution in [0.1, 0.15) is 85.2 Å². The summed E-state index contributed by atoms with van der Waals surface area (Å²) < 4.78 is 17.5. The van der Waals surface area contributed by atoms with Gasteiger partial charge in [-0.1, -0.05) is 31.9 Å². The third kappa shape index (κ3) is 6.06. The molecule has 0 saturated heterocycles. The van der Waals surface area contributed by atoms with E-state index in [1.165, 1.54) is 0 Å². The molecule has 1 aromatic heterocycles. The van der Waals surface area contributed by atoms with E-state index in [9.17, 15) is 9.90 Å². The van der Waals surface area contributed by atoms with E-state index >= 15 is 0 Å². The molecule has 0 bridgehead atoms. The Balaban J connectivity index is 1.76. The summed E-state index contributed by atoms with van der Waals surface area (Å²) in [5.74, 6) is 1.32. The van der Waals surface area contributed by atoms with Gasteiger partial charge in [0.2, 0.25) is 0 Å². The van der Waals surface area contributed by atoms with Crippen LogP contribution in [0.25, 0.3) is 11.3 Å². The average Bonchev–Trinajstić information content (AvgIpc) is 3.42. The van der Waals surface area contributed by atoms with Crippen LogP contribution in [0.5, 0.6) is 17.2 Å². The molecular formula is C31H41N3O5. The molecule has 1 atom stereocenters. The van der Waals surface area contributed by atoms with Gasteiger partial charge in [0, 0.05) is 24.3 Å². The van der Waals surface area contributed by atoms with Crippen LogP contribution in [0.3, 0.4) is 0 Å². The lowest BCUT2D eigenvalue weighted by atomic mass is 9.93. The lowest BCUT2D eigenvalue weighted by molar-refractivity contribution is 0.0601. The van der Waals surface area contributed by atoms with Crippen molar-refractivity contribution >= 4 is 5.91 Å². The Morgan fingerprint density at radius 3 is 2.56 bits per heavy atom. The number of aromatic hydroxyl groups is 1. The van der Waals surface area contributed by atoms with Crippen molar-refractivity contribution in [2.45, 2.75) is 72.4 Å². The Hall–Kier alpha value is -3.52. The van der Waals surface area contributed by atoms with Crippen molar-refractivity contribution in [3.8, 4) is 28.5 Å². The summed E-state index contributed by atoms with van der Waals surface area (Å²) >= 11 is 0. The van der Waals surface area contributed by atoms with E-state index in [-0.39, 0.29) is 17.8 Å². The van der Waals surface area contributed by atoms with Gasteiger partial charge in [0.15, 0.2) is 11.5 Å². The fourth-order valence-corrected chi connectivity index (χ4v) is 5.28. The number of hydrogen-bond acceptors (Lipinski definition) is 6. The molecule has 1 aliphatic rings. The van der Waals surface area contributed by atoms with Gasteiger partial charge in [-0.05, 0) is 75.4 Å². The summed E-state index contributed by atoms with van der Waals surface area (Å²) in [6, 6.07) is 9.17. The lowest BCUT2D eigenvalue weighted by Gasteiger charge is -2.27. The topological polar surface area (TPSA) is 96.9 Å². The van der Waals surface area contributed by atoms with Crippen molar-refractivity contribution in [2.75, 3.05) is 26.9 Å². The number of fused-ring (bicyclic) bond motifs is 1. The number of nitrogens with one attached hydrogen (secondary N) is 1. The number of aryl methyl sites for hydroxylation is 2. The van der Waals surface area contributed by atoms with Gasteiger partial charge in [0.1, 0.15) is 17.1 Å². The monoisotopic (exact) mass is 535 g/mol. The quantitative estimate of drug-likeness (QED) is 0.248. The van der Waals surface area contributed by atoms with Gasteiger partial charge in [-0.15, -0.1) is 0 Å². The molecule has 4 rings (SSSR count). The van der Waals surface area contributed by atoms with Crippen molar-refractivity contribution in [3.63, 3.8) is 0 Å². The van der Waals surface area contributed by atoms with E-state index in [0.29, 0.717) is 54.6 Å². The molecular weight excluding hydrogens is 494 g/mol. The molecule has 1 amide bonds. The maximum Gasteiger partial charge on any atom is 0.273 e. The highest BCUT2D eigenvalue weighted by Gasteiger charge is 2.42. The van der Waals surface area contributed by atoms with E-state index in [2.05, 4.69) is 17.1 Å². The maximum absolute atomic E-state index is 13.7. The molecule has 0 aliphatic carbocycles. The molecule has 2 heterocycles. The zero-order chi connectivity index (χ0) is 28.1. The highest BCUT2D eigenvalue weighted by atomic mass is 16.5. The molecule has 8 heteroatoms. The molecule has 3 aromatic rings. The summed E-state index contributed by atoms with van der Waals surface area (Å²) in [5.41, 5.74) is 5.15. The molecule has 2 N–H and O–H groups in total. The Morgan fingerprint density at radius 2 is 1.87 bits per heavy atom. The van der Waals surface area contributed by atoms with Crippen LogP contribution in [-0.2, 0) is 4.74 Å². The van der Waals surface area contributed by atoms with Crippen molar-refractivity contribution in [1.29, 1.82) is 0 Å². The van der Waals surface area contributed by atoms with E-state index in [0.717, 1.165) is 41.5 Å². The second-order valence-electron chi connectivity index (χ2n) is 10.5. The molecule has 210 valence electrons. The predicted octanol–water partition coefficient (Wildman–Crippen LogP) is 6.34. The highest BCUT2D eigenvalue weighted by molar-refractivity contribution is 6.00. The Bertz CT molecular complexity index is 1280. The summed E-state index contributed by atoms with van der Waals surface area (Å²) in [5, 5.41) is 18.4. The number of hydrogen-bond donors (Lipinski definition) is 2. The van der Waals surface area contributed by atoms with E-state index in [4.69, 9.17) is 14.2 Å². The summed E-state index contributed by atoms with van der Waals surface area (Å²) in [7, 11) is 1.63. The van der Waals surface area contributed by atoms with Crippen molar-refractivity contribution in [3.05, 3.63) is 58.3 Å². The smallest absolute Gasteiger partial charge is 0.273 e. The third-order valence-corrected chi connectivity index (χ3v) is 7.06. The minimum absolute atomic E-state index is 0.124. The Morgan fingerprint density at radius 1 is 1.08 bits per heavy atom. The number of phenols is 1. The number of nitrogens with zero attached hydrogens (tertiary/aromatic N) is 2. The number of benzene rings is 2. The molecule has 1 unspecified atom stereocenters. The number of methoxy groups -OCH3 is 1. The standard InChI is InChI=1S/C31H41N3O5/c1-7-8-9-14-39-24-12-11-22(18-25(24)37-6)30-27-28(26-21(5)16-20(4)17-23(26)35)32-33-29(27)31(36)34(30)13-10-15-38-19(2)3/h11-12,16-19,30,35H,7-10,13-15H2,1-6H3,(H,32,33). The molecule has 0 saturated carbocycles. The zero-order valence-corrected chi connectivity index (χ0v) is 24.0. The largest absolute Gasteiger partial charge is 0.507 e. The second kappa shape index (κ2) is 12.6. The van der Waals surface area contributed by atoms with Gasteiger partial charge in [0.25, 0.3) is 5.91 Å². The van der Waals surface area contributed by atoms with Crippen molar-refractivity contribution < 1.29 is 24.1 Å². The van der Waals surface area contributed by atoms with Crippen LogP contribution in [-0.4, -0.2) is 59.1 Å². The number of aromatic amines is 1. The molecule has 0 radical (unpaired) electrons. The zero-order valence-electron chi connectivity index (χ0n) is 24.0. The summed E-state index contributed by atoms with van der Waals surface area (Å²) in [4.78, 5) is 15.6. The van der Waals surface area contributed by atoms with Gasteiger partial charge < -0.3 is 24.2 Å². The fourth-order valence-electron chi connectivity index (χ4n) is 5.28. The molecule has 0 fully saturated rings. The first-order valence-corrected chi connectivity index (χ1v) is 13.9. The van der Waals surface area contributed by atoms with Crippen LogP contribution in [0.15, 0.2) is 30.3 Å². The van der Waals surface area contributed by atoms with Gasteiger partial charge >= 0.3 is 0 Å². The van der Waals surface area contributed by atoms with E-state index in [1.807, 2.05) is 56.9 Å². The SMILES string of the molecule is CCCCCOc1ccc(C2c3c(-c4c(C)cc(C)cc4O)n[nH]c3C(=O)N2CCCOC(C)C)cc1OC. The average molecular weight is 536 g/mol. The number of phenolic OH excluding ortho intramolecular Hbond substituents is 1. The maximum atomic E-state index is 13.7. The molecule has 8 nitrogen and oxygen atoms in total. The number of rotatable bonds is 13. The number of carbonyl (C=O) groups excluding carboxylic acids is 1. The van der Waals surface area contributed by atoms with Gasteiger partial charge in [-0.2, -0.15) is 5.10 Å². The van der Waals surface area contributed by atoms with Gasteiger partial charge in [0.05, 0.1) is 25.9 Å². The van der Waals surface area contributed by atoms with Crippen molar-refractivity contribution in [1.82, 2.24) is 15.1 Å². The first kappa shape index (κ1) is 28.5.